The van der Waals surface area contributed by atoms with Crippen LogP contribution in [0.1, 0.15) is 45.4 Å². The quantitative estimate of drug-likeness (QED) is 0.192. The fourth-order valence-electron chi connectivity index (χ4n) is 1.45. The second kappa shape index (κ2) is 12.2. The minimum absolute atomic E-state index is 0.155. The highest BCUT2D eigenvalue weighted by Crippen LogP contribution is 2.03. The summed E-state index contributed by atoms with van der Waals surface area (Å²) in [5.41, 5.74) is 18.1. The van der Waals surface area contributed by atoms with Gasteiger partial charge < -0.3 is 22.0 Å². The second-order valence-electron chi connectivity index (χ2n) is 4.35. The van der Waals surface area contributed by atoms with Crippen molar-refractivity contribution in [3.05, 3.63) is 0 Å². The van der Waals surface area contributed by atoms with Crippen molar-refractivity contribution in [2.45, 2.75) is 45.4 Å². The third kappa shape index (κ3) is 12.6. The number of carbonyl (C=O) groups excluding carboxylic acids is 1. The summed E-state index contributed by atoms with van der Waals surface area (Å²) in [6.45, 7) is 2.58. The van der Waals surface area contributed by atoms with Crippen LogP contribution in [0.15, 0.2) is 9.98 Å². The molecule has 116 valence electrons. The number of hydrogen-bond donors (Lipinski definition) is 4. The SMILES string of the molecule is CCCCCCCCNOC(=O)CN=C(N)N=C(N)N. The Morgan fingerprint density at radius 3 is 2.40 bits per heavy atom. The summed E-state index contributed by atoms with van der Waals surface area (Å²) in [5.74, 6) is -0.900. The summed E-state index contributed by atoms with van der Waals surface area (Å²) in [6.07, 6.45) is 7.07. The van der Waals surface area contributed by atoms with E-state index in [0.29, 0.717) is 6.54 Å². The zero-order valence-electron chi connectivity index (χ0n) is 12.1. The fourth-order valence-corrected chi connectivity index (χ4v) is 1.45. The highest BCUT2D eigenvalue weighted by Gasteiger charge is 2.01. The molecule has 20 heavy (non-hydrogen) atoms. The molecule has 0 amide bonds. The molecule has 8 heteroatoms. The predicted molar refractivity (Wildman–Crippen MR) is 79.8 cm³/mol. The van der Waals surface area contributed by atoms with Crippen molar-refractivity contribution in [2.75, 3.05) is 13.1 Å². The monoisotopic (exact) mass is 286 g/mol. The molecule has 0 unspecified atom stereocenters. The van der Waals surface area contributed by atoms with Gasteiger partial charge in [0, 0.05) is 6.54 Å². The van der Waals surface area contributed by atoms with E-state index in [1.54, 1.807) is 0 Å². The lowest BCUT2D eigenvalue weighted by molar-refractivity contribution is -0.149. The fraction of sp³-hybridized carbons (Fsp3) is 0.750. The molecular weight excluding hydrogens is 260 g/mol. The lowest BCUT2D eigenvalue weighted by Gasteiger charge is -2.04. The van der Waals surface area contributed by atoms with E-state index in [-0.39, 0.29) is 18.5 Å². The molecule has 0 atom stereocenters. The number of guanidine groups is 2. The van der Waals surface area contributed by atoms with Gasteiger partial charge in [-0.25, -0.2) is 9.79 Å². The van der Waals surface area contributed by atoms with Gasteiger partial charge in [0.1, 0.15) is 6.54 Å². The van der Waals surface area contributed by atoms with Gasteiger partial charge in [-0.2, -0.15) is 10.5 Å². The first kappa shape index (κ1) is 18.2. The highest BCUT2D eigenvalue weighted by molar-refractivity contribution is 5.93. The Balaban J connectivity index is 3.52. The molecule has 0 aliphatic heterocycles. The van der Waals surface area contributed by atoms with E-state index < -0.39 is 5.97 Å². The summed E-state index contributed by atoms with van der Waals surface area (Å²) >= 11 is 0. The first-order chi connectivity index (χ1) is 9.56. The normalized spacial score (nSPS) is 11.2. The van der Waals surface area contributed by atoms with Crippen molar-refractivity contribution in [2.24, 2.45) is 27.2 Å². The summed E-state index contributed by atoms with van der Waals surface area (Å²) in [7, 11) is 0. The number of aliphatic imine (C=N–C) groups is 2. The Morgan fingerprint density at radius 1 is 1.10 bits per heavy atom. The molecule has 0 fully saturated rings. The first-order valence-electron chi connectivity index (χ1n) is 6.88. The molecule has 0 aliphatic rings. The topological polar surface area (TPSA) is 141 Å². The molecule has 0 saturated heterocycles. The van der Waals surface area contributed by atoms with Gasteiger partial charge >= 0.3 is 5.97 Å². The van der Waals surface area contributed by atoms with Gasteiger partial charge in [0.05, 0.1) is 0 Å². The van der Waals surface area contributed by atoms with Crippen molar-refractivity contribution < 1.29 is 9.63 Å². The highest BCUT2D eigenvalue weighted by atomic mass is 16.7. The molecule has 0 saturated carbocycles. The van der Waals surface area contributed by atoms with Crippen LogP contribution in [0.25, 0.3) is 0 Å². The minimum Gasteiger partial charge on any atom is -0.370 e. The van der Waals surface area contributed by atoms with Crippen molar-refractivity contribution in [3.63, 3.8) is 0 Å². The largest absolute Gasteiger partial charge is 0.370 e. The molecule has 0 aliphatic carbocycles. The van der Waals surface area contributed by atoms with Crippen LogP contribution in [0.3, 0.4) is 0 Å². The number of rotatable bonds is 10. The lowest BCUT2D eigenvalue weighted by Crippen LogP contribution is -2.27. The molecule has 0 radical (unpaired) electrons. The number of carbonyl (C=O) groups is 1. The van der Waals surface area contributed by atoms with Crippen LogP contribution in [0.4, 0.5) is 0 Å². The van der Waals surface area contributed by atoms with E-state index >= 15 is 0 Å². The van der Waals surface area contributed by atoms with E-state index in [0.717, 1.165) is 12.8 Å². The Hall–Kier alpha value is -1.83. The number of nitrogens with one attached hydrogen (secondary N) is 1. The maximum Gasteiger partial charge on any atom is 0.346 e. The zero-order chi connectivity index (χ0) is 15.2. The van der Waals surface area contributed by atoms with Crippen LogP contribution >= 0.6 is 0 Å². The number of nitrogens with zero attached hydrogens (tertiary/aromatic N) is 2. The third-order valence-electron chi connectivity index (χ3n) is 2.43. The van der Waals surface area contributed by atoms with Gasteiger partial charge in [-0.15, -0.1) is 0 Å². The zero-order valence-corrected chi connectivity index (χ0v) is 12.1. The van der Waals surface area contributed by atoms with Crippen LogP contribution < -0.4 is 22.7 Å². The Kier molecular flexibility index (Phi) is 11.1. The standard InChI is InChI=1S/C12H26N6O2/c1-2-3-4-5-6-7-8-17-20-10(19)9-16-12(15)18-11(13)14/h17H,2-9H2,1H3,(H6,13,14,15,16,18). The van der Waals surface area contributed by atoms with Crippen molar-refractivity contribution >= 4 is 17.9 Å². The number of unbranched alkanes of at least 4 members (excludes halogenated alkanes) is 5. The molecule has 0 aromatic rings. The smallest absolute Gasteiger partial charge is 0.346 e. The first-order valence-corrected chi connectivity index (χ1v) is 6.88. The second-order valence-corrected chi connectivity index (χ2v) is 4.35. The summed E-state index contributed by atoms with van der Waals surface area (Å²) in [5, 5.41) is 0. The number of hydroxylamine groups is 1. The van der Waals surface area contributed by atoms with E-state index in [4.69, 9.17) is 22.0 Å². The summed E-state index contributed by atoms with van der Waals surface area (Å²) < 4.78 is 0. The van der Waals surface area contributed by atoms with Gasteiger partial charge in [0.25, 0.3) is 0 Å². The molecule has 0 aromatic heterocycles. The molecule has 0 heterocycles. The van der Waals surface area contributed by atoms with Crippen LogP contribution in [0, 0.1) is 0 Å². The third-order valence-corrected chi connectivity index (χ3v) is 2.43. The van der Waals surface area contributed by atoms with Gasteiger partial charge in [-0.05, 0) is 6.42 Å². The van der Waals surface area contributed by atoms with Crippen LogP contribution in [-0.4, -0.2) is 31.0 Å². The van der Waals surface area contributed by atoms with E-state index in [1.807, 2.05) is 0 Å². The summed E-state index contributed by atoms with van der Waals surface area (Å²) in [6, 6.07) is 0. The van der Waals surface area contributed by atoms with E-state index in [1.165, 1.54) is 25.7 Å². The molecule has 7 N–H and O–H groups in total. The van der Waals surface area contributed by atoms with Crippen LogP contribution in [-0.2, 0) is 9.63 Å². The van der Waals surface area contributed by atoms with Gasteiger partial charge in [-0.1, -0.05) is 39.0 Å². The maximum absolute atomic E-state index is 11.2. The van der Waals surface area contributed by atoms with Gasteiger partial charge in [-0.3, -0.25) is 0 Å². The number of nitrogens with two attached hydrogens (primary N) is 3. The van der Waals surface area contributed by atoms with E-state index in [2.05, 4.69) is 22.4 Å². The Morgan fingerprint density at radius 2 is 1.75 bits per heavy atom. The van der Waals surface area contributed by atoms with Gasteiger partial charge in [0.15, 0.2) is 5.96 Å². The van der Waals surface area contributed by atoms with Crippen molar-refractivity contribution in [1.82, 2.24) is 5.48 Å². The minimum atomic E-state index is -0.537. The van der Waals surface area contributed by atoms with E-state index in [9.17, 15) is 4.79 Å². The predicted octanol–water partition coefficient (Wildman–Crippen LogP) is -0.0172. The van der Waals surface area contributed by atoms with Gasteiger partial charge in [0.2, 0.25) is 5.96 Å². The average Bonchev–Trinajstić information content (AvgIpc) is 2.38. The summed E-state index contributed by atoms with van der Waals surface area (Å²) in [4.78, 5) is 23.1. The maximum atomic E-state index is 11.2. The van der Waals surface area contributed by atoms with Crippen LogP contribution in [0.5, 0.6) is 0 Å². The number of hydrogen-bond acceptors (Lipinski definition) is 4. The molecule has 0 bridgehead atoms. The Labute approximate surface area is 119 Å². The molecule has 8 nitrogen and oxygen atoms in total. The Bertz CT molecular complexity index is 326. The van der Waals surface area contributed by atoms with Crippen molar-refractivity contribution in [3.8, 4) is 0 Å². The molecular formula is C12H26N6O2. The lowest BCUT2D eigenvalue weighted by atomic mass is 10.1. The van der Waals surface area contributed by atoms with Crippen molar-refractivity contribution in [1.29, 1.82) is 0 Å². The molecule has 0 rings (SSSR count). The molecule has 0 aromatic carbocycles. The molecule has 0 spiro atoms. The van der Waals surface area contributed by atoms with Crippen LogP contribution in [0.2, 0.25) is 0 Å². The average molecular weight is 286 g/mol.